The number of carbonyl (C=O) groups is 2. The van der Waals surface area contributed by atoms with E-state index in [9.17, 15) is 18.4 Å². The van der Waals surface area contributed by atoms with Gasteiger partial charge in [-0.2, -0.15) is 0 Å². The first-order chi connectivity index (χ1) is 12.5. The molecule has 4 saturated heterocycles. The maximum Gasteiger partial charge on any atom is 0.290 e. The van der Waals surface area contributed by atoms with Gasteiger partial charge >= 0.3 is 0 Å². The lowest BCUT2D eigenvalue weighted by Crippen LogP contribution is -2.61. The van der Waals surface area contributed by atoms with Crippen LogP contribution in [0.5, 0.6) is 0 Å². The van der Waals surface area contributed by atoms with E-state index in [1.807, 2.05) is 6.92 Å². The summed E-state index contributed by atoms with van der Waals surface area (Å²) in [7, 11) is 0. The molecule has 3 atom stereocenters. The molecular formula is C20H24F2N2O2. The Bertz CT molecular complexity index is 731. The number of rotatable bonds is 4. The monoisotopic (exact) mass is 362 g/mol. The molecule has 0 aromatic heterocycles. The van der Waals surface area contributed by atoms with E-state index in [0.29, 0.717) is 17.9 Å². The summed E-state index contributed by atoms with van der Waals surface area (Å²) in [5, 5.41) is 0. The molecule has 2 bridgehead atoms. The summed E-state index contributed by atoms with van der Waals surface area (Å²) >= 11 is 0. The smallest absolute Gasteiger partial charge is 0.290 e. The fourth-order valence-electron chi connectivity index (χ4n) is 5.23. The van der Waals surface area contributed by atoms with Crippen molar-refractivity contribution in [3.63, 3.8) is 0 Å². The average Bonchev–Trinajstić information content (AvgIpc) is 3.07. The molecule has 6 heteroatoms. The number of likely N-dealkylation sites (tertiary alicyclic amines) is 1. The van der Waals surface area contributed by atoms with Crippen molar-refractivity contribution in [3.05, 3.63) is 35.4 Å². The van der Waals surface area contributed by atoms with Crippen molar-refractivity contribution in [2.45, 2.75) is 50.6 Å². The lowest BCUT2D eigenvalue weighted by atomic mass is 9.75. The van der Waals surface area contributed by atoms with Gasteiger partial charge in [-0.05, 0) is 49.9 Å². The van der Waals surface area contributed by atoms with Crippen LogP contribution >= 0.6 is 0 Å². The zero-order valence-corrected chi connectivity index (χ0v) is 15.0. The minimum Gasteiger partial charge on any atom is -0.331 e. The SMILES string of the molecule is CCCC(=O)C(=O)N1C[C@@H](c2cccc(F)c2F)[C@@H]2[C@H]1C1CCN2CC1. The van der Waals surface area contributed by atoms with Crippen molar-refractivity contribution in [1.82, 2.24) is 9.80 Å². The van der Waals surface area contributed by atoms with Crippen LogP contribution < -0.4 is 0 Å². The van der Waals surface area contributed by atoms with E-state index in [0.717, 1.165) is 32.0 Å². The highest BCUT2D eigenvalue weighted by Gasteiger charge is 2.55. The van der Waals surface area contributed by atoms with Crippen molar-refractivity contribution in [3.8, 4) is 0 Å². The van der Waals surface area contributed by atoms with Gasteiger partial charge in [-0.15, -0.1) is 0 Å². The van der Waals surface area contributed by atoms with E-state index in [4.69, 9.17) is 0 Å². The molecule has 26 heavy (non-hydrogen) atoms. The van der Waals surface area contributed by atoms with Crippen molar-refractivity contribution in [2.24, 2.45) is 5.92 Å². The Balaban J connectivity index is 1.71. The lowest BCUT2D eigenvalue weighted by molar-refractivity contribution is -0.147. The van der Waals surface area contributed by atoms with E-state index < -0.39 is 17.5 Å². The third-order valence-electron chi connectivity index (χ3n) is 6.35. The third-order valence-corrected chi connectivity index (χ3v) is 6.35. The molecule has 0 spiro atoms. The zero-order valence-electron chi connectivity index (χ0n) is 15.0. The second-order valence-electron chi connectivity index (χ2n) is 7.73. The predicted molar refractivity (Wildman–Crippen MR) is 92.6 cm³/mol. The fourth-order valence-corrected chi connectivity index (χ4v) is 5.23. The Morgan fingerprint density at radius 2 is 1.88 bits per heavy atom. The molecule has 1 amide bonds. The van der Waals surface area contributed by atoms with Crippen LogP contribution in [0.3, 0.4) is 0 Å². The summed E-state index contributed by atoms with van der Waals surface area (Å²) in [6, 6.07) is 4.15. The number of ketones is 1. The molecule has 4 nitrogen and oxygen atoms in total. The molecule has 140 valence electrons. The molecule has 0 N–H and O–H groups in total. The van der Waals surface area contributed by atoms with Crippen LogP contribution in [0, 0.1) is 17.6 Å². The van der Waals surface area contributed by atoms with Crippen LogP contribution in [0.1, 0.15) is 44.1 Å². The molecule has 5 rings (SSSR count). The zero-order chi connectivity index (χ0) is 18.4. The van der Waals surface area contributed by atoms with Gasteiger partial charge in [-0.1, -0.05) is 19.1 Å². The van der Waals surface area contributed by atoms with Crippen LogP contribution in [0.2, 0.25) is 0 Å². The minimum atomic E-state index is -0.859. The Hall–Kier alpha value is -1.82. The average molecular weight is 362 g/mol. The van der Waals surface area contributed by atoms with Gasteiger partial charge in [-0.25, -0.2) is 8.78 Å². The summed E-state index contributed by atoms with van der Waals surface area (Å²) in [5.74, 6) is -2.46. The fraction of sp³-hybridized carbons (Fsp3) is 0.600. The van der Waals surface area contributed by atoms with Gasteiger partial charge in [0.05, 0.1) is 6.04 Å². The number of hydrogen-bond donors (Lipinski definition) is 0. The highest BCUT2D eigenvalue weighted by atomic mass is 19.2. The molecule has 1 aromatic rings. The van der Waals surface area contributed by atoms with Crippen molar-refractivity contribution >= 4 is 11.7 Å². The van der Waals surface area contributed by atoms with E-state index in [1.54, 1.807) is 11.0 Å². The number of amides is 1. The van der Waals surface area contributed by atoms with E-state index in [-0.39, 0.29) is 36.8 Å². The standard InChI is InChI=1S/C20H24F2N2O2/c1-2-4-16(25)20(26)24-11-14(13-5-3-6-15(21)17(13)22)19-18(24)12-7-9-23(19)10-8-12/h3,5-6,12,14,18-19H,2,4,7-11H2,1H3/t14-,18+,19+/m0/s1. The van der Waals surface area contributed by atoms with Gasteiger partial charge in [-0.3, -0.25) is 14.5 Å². The van der Waals surface area contributed by atoms with Crippen molar-refractivity contribution in [2.75, 3.05) is 19.6 Å². The first-order valence-electron chi connectivity index (χ1n) is 9.54. The van der Waals surface area contributed by atoms with Crippen LogP contribution in [-0.2, 0) is 9.59 Å². The summed E-state index contributed by atoms with van der Waals surface area (Å²) in [4.78, 5) is 29.0. The Morgan fingerprint density at radius 1 is 1.15 bits per heavy atom. The number of fused-ring (bicyclic) bond motifs is 2. The van der Waals surface area contributed by atoms with Gasteiger partial charge in [0.1, 0.15) is 0 Å². The Morgan fingerprint density at radius 3 is 2.58 bits per heavy atom. The third kappa shape index (κ3) is 2.66. The number of hydrogen-bond acceptors (Lipinski definition) is 3. The number of piperidine rings is 3. The van der Waals surface area contributed by atoms with Gasteiger partial charge in [0.25, 0.3) is 5.91 Å². The van der Waals surface area contributed by atoms with Crippen LogP contribution in [0.15, 0.2) is 18.2 Å². The predicted octanol–water partition coefficient (Wildman–Crippen LogP) is 2.72. The molecule has 0 radical (unpaired) electrons. The van der Waals surface area contributed by atoms with Crippen molar-refractivity contribution in [1.29, 1.82) is 0 Å². The number of nitrogens with zero attached hydrogens (tertiary/aromatic N) is 2. The topological polar surface area (TPSA) is 40.6 Å². The summed E-state index contributed by atoms with van der Waals surface area (Å²) in [6.07, 6.45) is 2.85. The summed E-state index contributed by atoms with van der Waals surface area (Å²) < 4.78 is 28.3. The maximum absolute atomic E-state index is 14.5. The molecule has 4 heterocycles. The molecule has 0 saturated carbocycles. The minimum absolute atomic E-state index is 0.0304. The molecule has 0 aliphatic carbocycles. The van der Waals surface area contributed by atoms with E-state index in [2.05, 4.69) is 4.90 Å². The highest BCUT2D eigenvalue weighted by Crippen LogP contribution is 2.47. The van der Waals surface area contributed by atoms with Crippen LogP contribution in [-0.4, -0.2) is 53.2 Å². The molecular weight excluding hydrogens is 338 g/mol. The molecule has 4 fully saturated rings. The normalized spacial score (nSPS) is 32.6. The summed E-state index contributed by atoms with van der Waals surface area (Å²) in [5.41, 5.74) is 0.325. The molecule has 4 aliphatic rings. The van der Waals surface area contributed by atoms with Gasteiger partial charge in [0.15, 0.2) is 11.6 Å². The molecule has 1 aromatic carbocycles. The Labute approximate surface area is 152 Å². The molecule has 0 unspecified atom stereocenters. The summed E-state index contributed by atoms with van der Waals surface area (Å²) in [6.45, 7) is 4.00. The van der Waals surface area contributed by atoms with E-state index >= 15 is 0 Å². The van der Waals surface area contributed by atoms with Crippen LogP contribution in [0.25, 0.3) is 0 Å². The second kappa shape index (κ2) is 6.72. The van der Waals surface area contributed by atoms with Gasteiger partial charge in [0, 0.05) is 24.9 Å². The first-order valence-corrected chi connectivity index (χ1v) is 9.54. The Kier molecular flexibility index (Phi) is 4.55. The molecule has 4 aliphatic heterocycles. The number of carbonyl (C=O) groups excluding carboxylic acids is 2. The number of benzene rings is 1. The van der Waals surface area contributed by atoms with Crippen LogP contribution in [0.4, 0.5) is 8.78 Å². The second-order valence-corrected chi connectivity index (χ2v) is 7.73. The number of halogens is 2. The number of Topliss-reactive ketones (excluding diaryl/α,β-unsaturated/α-hetero) is 1. The van der Waals surface area contributed by atoms with Gasteiger partial charge in [0.2, 0.25) is 5.78 Å². The maximum atomic E-state index is 14.5. The van der Waals surface area contributed by atoms with Crippen molar-refractivity contribution < 1.29 is 18.4 Å². The first kappa shape index (κ1) is 17.6. The largest absolute Gasteiger partial charge is 0.331 e. The highest BCUT2D eigenvalue weighted by molar-refractivity contribution is 6.36. The quantitative estimate of drug-likeness (QED) is 0.774. The van der Waals surface area contributed by atoms with Gasteiger partial charge < -0.3 is 4.90 Å². The van der Waals surface area contributed by atoms with E-state index in [1.165, 1.54) is 6.07 Å². The lowest BCUT2D eigenvalue weighted by Gasteiger charge is -2.51.